The summed E-state index contributed by atoms with van der Waals surface area (Å²) in [7, 11) is 0. The van der Waals surface area contributed by atoms with Gasteiger partial charge in [-0.1, -0.05) is 0 Å². The Morgan fingerprint density at radius 1 is 1.57 bits per heavy atom. The maximum absolute atomic E-state index is 8.55. The summed E-state index contributed by atoms with van der Waals surface area (Å²) < 4.78 is 0. The molecule has 1 heterocycles. The summed E-state index contributed by atoms with van der Waals surface area (Å²) in [4.78, 5) is 3.95. The predicted octanol–water partition coefficient (Wildman–Crippen LogP) is 1.10. The molecule has 0 unspecified atom stereocenters. The minimum Gasteiger partial charge on any atom is -0.378 e. The number of nitrogens with zero attached hydrogens (tertiary/aromatic N) is 2. The highest BCUT2D eigenvalue weighted by Gasteiger charge is 2.14. The van der Waals surface area contributed by atoms with E-state index in [2.05, 4.69) is 10.3 Å². The third-order valence-corrected chi connectivity index (χ3v) is 1.87. The number of pyridine rings is 1. The SMILES string of the molecule is CC(C)(CN)Nc1ccc(C#N)nc1. The van der Waals surface area contributed by atoms with Gasteiger partial charge in [-0.3, -0.25) is 0 Å². The molecule has 14 heavy (non-hydrogen) atoms. The second-order valence-corrected chi connectivity index (χ2v) is 3.76. The van der Waals surface area contributed by atoms with Gasteiger partial charge in [-0.2, -0.15) is 5.26 Å². The Morgan fingerprint density at radius 3 is 2.71 bits per heavy atom. The molecule has 1 aromatic rings. The number of rotatable bonds is 3. The van der Waals surface area contributed by atoms with Gasteiger partial charge in [0.25, 0.3) is 0 Å². The molecule has 0 spiro atoms. The first-order valence-electron chi connectivity index (χ1n) is 4.42. The number of nitriles is 1. The van der Waals surface area contributed by atoms with Crippen molar-refractivity contribution in [2.75, 3.05) is 11.9 Å². The van der Waals surface area contributed by atoms with Gasteiger partial charge in [0.05, 0.1) is 11.9 Å². The highest BCUT2D eigenvalue weighted by molar-refractivity contribution is 5.44. The molecular weight excluding hydrogens is 176 g/mol. The van der Waals surface area contributed by atoms with E-state index in [1.807, 2.05) is 26.0 Å². The Balaban J connectivity index is 2.75. The first kappa shape index (κ1) is 10.5. The van der Waals surface area contributed by atoms with Crippen LogP contribution in [-0.4, -0.2) is 17.1 Å². The van der Waals surface area contributed by atoms with Crippen molar-refractivity contribution in [3.63, 3.8) is 0 Å². The van der Waals surface area contributed by atoms with Crippen LogP contribution >= 0.6 is 0 Å². The predicted molar refractivity (Wildman–Crippen MR) is 55.7 cm³/mol. The molecule has 0 saturated heterocycles. The molecule has 0 aliphatic rings. The van der Waals surface area contributed by atoms with Crippen LogP contribution in [0.4, 0.5) is 5.69 Å². The standard InChI is InChI=1S/C10H14N4/c1-10(2,7-12)14-9-4-3-8(5-11)13-6-9/h3-4,6,14H,7,12H2,1-2H3. The molecule has 74 valence electrons. The van der Waals surface area contributed by atoms with Crippen LogP contribution in [0.1, 0.15) is 19.5 Å². The van der Waals surface area contributed by atoms with Gasteiger partial charge in [0.15, 0.2) is 0 Å². The average Bonchev–Trinajstić information content (AvgIpc) is 2.19. The smallest absolute Gasteiger partial charge is 0.140 e. The van der Waals surface area contributed by atoms with E-state index in [1.54, 1.807) is 12.3 Å². The number of anilines is 1. The van der Waals surface area contributed by atoms with Gasteiger partial charge < -0.3 is 11.1 Å². The Hall–Kier alpha value is -1.60. The lowest BCUT2D eigenvalue weighted by atomic mass is 10.1. The lowest BCUT2D eigenvalue weighted by Crippen LogP contribution is -2.39. The van der Waals surface area contributed by atoms with Crippen LogP contribution in [0.25, 0.3) is 0 Å². The van der Waals surface area contributed by atoms with Gasteiger partial charge in [0.1, 0.15) is 11.8 Å². The number of hydrogen-bond acceptors (Lipinski definition) is 4. The first-order chi connectivity index (χ1) is 6.57. The largest absolute Gasteiger partial charge is 0.378 e. The molecule has 0 fully saturated rings. The van der Waals surface area contributed by atoms with Crippen LogP contribution in [0, 0.1) is 11.3 Å². The maximum atomic E-state index is 8.55. The van der Waals surface area contributed by atoms with Crippen LogP contribution in [0.3, 0.4) is 0 Å². The molecule has 0 radical (unpaired) electrons. The number of nitrogens with two attached hydrogens (primary N) is 1. The van der Waals surface area contributed by atoms with Gasteiger partial charge >= 0.3 is 0 Å². The van der Waals surface area contributed by atoms with Crippen molar-refractivity contribution in [1.29, 1.82) is 5.26 Å². The summed E-state index contributed by atoms with van der Waals surface area (Å²) in [6, 6.07) is 5.47. The van der Waals surface area contributed by atoms with E-state index < -0.39 is 0 Å². The van der Waals surface area contributed by atoms with E-state index >= 15 is 0 Å². The average molecular weight is 190 g/mol. The Bertz CT molecular complexity index is 334. The third kappa shape index (κ3) is 2.71. The summed E-state index contributed by atoms with van der Waals surface area (Å²) in [5.41, 5.74) is 6.71. The van der Waals surface area contributed by atoms with Crippen molar-refractivity contribution < 1.29 is 0 Å². The molecule has 1 aromatic heterocycles. The molecule has 3 N–H and O–H groups in total. The Morgan fingerprint density at radius 2 is 2.29 bits per heavy atom. The van der Waals surface area contributed by atoms with Crippen molar-refractivity contribution in [3.8, 4) is 6.07 Å². The van der Waals surface area contributed by atoms with Crippen LogP contribution in [-0.2, 0) is 0 Å². The molecule has 4 heteroatoms. The Labute approximate surface area is 83.8 Å². The van der Waals surface area contributed by atoms with Gasteiger partial charge in [-0.25, -0.2) is 4.98 Å². The van der Waals surface area contributed by atoms with Crippen molar-refractivity contribution >= 4 is 5.69 Å². The summed E-state index contributed by atoms with van der Waals surface area (Å²) in [6.07, 6.45) is 1.63. The summed E-state index contributed by atoms with van der Waals surface area (Å²) >= 11 is 0. The van der Waals surface area contributed by atoms with E-state index in [0.29, 0.717) is 12.2 Å². The van der Waals surface area contributed by atoms with Crippen molar-refractivity contribution in [2.24, 2.45) is 5.73 Å². The van der Waals surface area contributed by atoms with Gasteiger partial charge in [0.2, 0.25) is 0 Å². The molecule has 0 bridgehead atoms. The van der Waals surface area contributed by atoms with Crippen LogP contribution < -0.4 is 11.1 Å². The monoisotopic (exact) mass is 190 g/mol. The molecule has 1 rings (SSSR count). The van der Waals surface area contributed by atoms with Crippen LogP contribution in [0.5, 0.6) is 0 Å². The van der Waals surface area contributed by atoms with Crippen molar-refractivity contribution in [3.05, 3.63) is 24.0 Å². The molecule has 0 aliphatic carbocycles. The van der Waals surface area contributed by atoms with E-state index in [9.17, 15) is 0 Å². The molecule has 0 atom stereocenters. The van der Waals surface area contributed by atoms with Crippen molar-refractivity contribution in [2.45, 2.75) is 19.4 Å². The molecule has 0 aliphatic heterocycles. The fraction of sp³-hybridized carbons (Fsp3) is 0.400. The fourth-order valence-electron chi connectivity index (χ4n) is 0.976. The summed E-state index contributed by atoms with van der Waals surface area (Å²) in [5.74, 6) is 0. The second kappa shape index (κ2) is 4.07. The molecule has 4 nitrogen and oxygen atoms in total. The quantitative estimate of drug-likeness (QED) is 0.748. The molecule has 0 aromatic carbocycles. The first-order valence-corrected chi connectivity index (χ1v) is 4.42. The topological polar surface area (TPSA) is 74.7 Å². The minimum absolute atomic E-state index is 0.157. The highest BCUT2D eigenvalue weighted by Crippen LogP contribution is 2.12. The number of aromatic nitrogens is 1. The second-order valence-electron chi connectivity index (χ2n) is 3.76. The number of hydrogen-bond donors (Lipinski definition) is 2. The fourth-order valence-corrected chi connectivity index (χ4v) is 0.976. The van der Waals surface area contributed by atoms with E-state index in [1.165, 1.54) is 0 Å². The van der Waals surface area contributed by atoms with Gasteiger partial charge in [0, 0.05) is 12.1 Å². The summed E-state index contributed by atoms with van der Waals surface area (Å²) in [6.45, 7) is 4.55. The van der Waals surface area contributed by atoms with Crippen molar-refractivity contribution in [1.82, 2.24) is 4.98 Å². The zero-order valence-corrected chi connectivity index (χ0v) is 8.41. The molecule has 0 saturated carbocycles. The summed E-state index contributed by atoms with van der Waals surface area (Å²) in [5, 5.41) is 11.8. The lowest BCUT2D eigenvalue weighted by molar-refractivity contribution is 0.580. The Kier molecular flexibility index (Phi) is 3.05. The molecule has 0 amide bonds. The minimum atomic E-state index is -0.157. The maximum Gasteiger partial charge on any atom is 0.140 e. The normalized spacial score (nSPS) is 10.7. The van der Waals surface area contributed by atoms with E-state index in [4.69, 9.17) is 11.0 Å². The lowest BCUT2D eigenvalue weighted by Gasteiger charge is -2.25. The number of nitrogens with one attached hydrogen (secondary N) is 1. The highest BCUT2D eigenvalue weighted by atomic mass is 15.0. The zero-order valence-electron chi connectivity index (χ0n) is 8.41. The zero-order chi connectivity index (χ0) is 10.6. The van der Waals surface area contributed by atoms with Crippen LogP contribution in [0.2, 0.25) is 0 Å². The van der Waals surface area contributed by atoms with Gasteiger partial charge in [-0.05, 0) is 26.0 Å². The van der Waals surface area contributed by atoms with Crippen LogP contribution in [0.15, 0.2) is 18.3 Å². The molecular formula is C10H14N4. The third-order valence-electron chi connectivity index (χ3n) is 1.87. The van der Waals surface area contributed by atoms with E-state index in [-0.39, 0.29) is 5.54 Å². The van der Waals surface area contributed by atoms with Gasteiger partial charge in [-0.15, -0.1) is 0 Å². The van der Waals surface area contributed by atoms with E-state index in [0.717, 1.165) is 5.69 Å².